The summed E-state index contributed by atoms with van der Waals surface area (Å²) < 4.78 is 35.9. The van der Waals surface area contributed by atoms with Crippen LogP contribution in [0.3, 0.4) is 0 Å². The third kappa shape index (κ3) is 4.01. The van der Waals surface area contributed by atoms with Gasteiger partial charge in [0.2, 0.25) is 5.88 Å². The summed E-state index contributed by atoms with van der Waals surface area (Å²) in [5.74, 6) is 1.41. The molecule has 0 aliphatic rings. The Hall–Kier alpha value is -4.24. The minimum atomic E-state index is -3.76. The molecule has 0 saturated heterocycles. The molecule has 2 aromatic heterocycles. The highest BCUT2D eigenvalue weighted by Crippen LogP contribution is 2.27. The van der Waals surface area contributed by atoms with Gasteiger partial charge in [0.05, 0.1) is 4.90 Å². The SMILES string of the molecule is O=S(=O)(Nc1ccc(Oc2cc(-n3cccn3)ncn2)cc1)c1cccc2ccccc12. The van der Waals surface area contributed by atoms with E-state index in [1.54, 1.807) is 71.7 Å². The lowest BCUT2D eigenvalue weighted by Gasteiger charge is -2.11. The molecule has 1 N–H and O–H groups in total. The highest BCUT2D eigenvalue weighted by Gasteiger charge is 2.17. The van der Waals surface area contributed by atoms with E-state index < -0.39 is 10.0 Å². The van der Waals surface area contributed by atoms with Crippen molar-refractivity contribution in [2.75, 3.05) is 4.72 Å². The maximum absolute atomic E-state index is 13.0. The van der Waals surface area contributed by atoms with E-state index in [1.165, 1.54) is 6.33 Å². The Labute approximate surface area is 184 Å². The van der Waals surface area contributed by atoms with E-state index in [4.69, 9.17) is 4.74 Å². The van der Waals surface area contributed by atoms with Gasteiger partial charge in [0.1, 0.15) is 12.1 Å². The van der Waals surface area contributed by atoms with E-state index in [0.717, 1.165) is 5.39 Å². The van der Waals surface area contributed by atoms with Crippen molar-refractivity contribution in [3.05, 3.63) is 97.6 Å². The van der Waals surface area contributed by atoms with Gasteiger partial charge in [-0.3, -0.25) is 4.72 Å². The molecule has 5 rings (SSSR count). The zero-order valence-electron chi connectivity index (χ0n) is 16.7. The summed E-state index contributed by atoms with van der Waals surface area (Å²) in [7, 11) is -3.76. The summed E-state index contributed by atoms with van der Waals surface area (Å²) in [5, 5.41) is 5.66. The molecule has 32 heavy (non-hydrogen) atoms. The van der Waals surface area contributed by atoms with E-state index in [0.29, 0.717) is 28.5 Å². The molecular weight excluding hydrogens is 426 g/mol. The molecule has 0 fully saturated rings. The third-order valence-electron chi connectivity index (χ3n) is 4.73. The lowest BCUT2D eigenvalue weighted by molar-refractivity contribution is 0.460. The maximum atomic E-state index is 13.0. The van der Waals surface area contributed by atoms with Gasteiger partial charge in [-0.05, 0) is 41.8 Å². The molecule has 9 heteroatoms. The van der Waals surface area contributed by atoms with Crippen molar-refractivity contribution < 1.29 is 13.2 Å². The highest BCUT2D eigenvalue weighted by atomic mass is 32.2. The van der Waals surface area contributed by atoms with Crippen molar-refractivity contribution in [3.8, 4) is 17.4 Å². The summed E-state index contributed by atoms with van der Waals surface area (Å²) in [4.78, 5) is 8.50. The second kappa shape index (κ2) is 8.12. The number of benzene rings is 3. The largest absolute Gasteiger partial charge is 0.439 e. The molecule has 3 aromatic carbocycles. The Morgan fingerprint density at radius 3 is 2.50 bits per heavy atom. The molecule has 0 atom stereocenters. The maximum Gasteiger partial charge on any atom is 0.262 e. The van der Waals surface area contributed by atoms with E-state index in [1.807, 2.05) is 24.3 Å². The summed E-state index contributed by atoms with van der Waals surface area (Å²) in [6.07, 6.45) is 4.81. The Bertz CT molecular complexity index is 1480. The summed E-state index contributed by atoms with van der Waals surface area (Å²) >= 11 is 0. The Balaban J connectivity index is 1.34. The smallest absolute Gasteiger partial charge is 0.262 e. The van der Waals surface area contributed by atoms with Gasteiger partial charge in [0, 0.05) is 29.5 Å². The molecule has 158 valence electrons. The van der Waals surface area contributed by atoms with Crippen LogP contribution < -0.4 is 9.46 Å². The number of nitrogens with one attached hydrogen (secondary N) is 1. The molecule has 0 unspecified atom stereocenters. The average molecular weight is 443 g/mol. The van der Waals surface area contributed by atoms with Crippen molar-refractivity contribution in [1.82, 2.24) is 19.7 Å². The molecule has 2 heterocycles. The van der Waals surface area contributed by atoms with Gasteiger partial charge in [-0.1, -0.05) is 36.4 Å². The Morgan fingerprint density at radius 1 is 0.875 bits per heavy atom. The van der Waals surface area contributed by atoms with Gasteiger partial charge in [0.15, 0.2) is 5.82 Å². The summed E-state index contributed by atoms with van der Waals surface area (Å²) in [6.45, 7) is 0. The van der Waals surface area contributed by atoms with Crippen molar-refractivity contribution in [2.45, 2.75) is 4.90 Å². The molecule has 0 radical (unpaired) electrons. The number of sulfonamides is 1. The fourth-order valence-corrected chi connectivity index (χ4v) is 4.56. The fraction of sp³-hybridized carbons (Fsp3) is 0. The van der Waals surface area contributed by atoms with Crippen molar-refractivity contribution in [1.29, 1.82) is 0 Å². The molecular formula is C23H17N5O3S. The van der Waals surface area contributed by atoms with Crippen LogP contribution in [0.25, 0.3) is 16.6 Å². The number of fused-ring (bicyclic) bond motifs is 1. The minimum absolute atomic E-state index is 0.225. The van der Waals surface area contributed by atoms with Gasteiger partial charge < -0.3 is 4.74 Å². The number of hydrogen-bond acceptors (Lipinski definition) is 6. The van der Waals surface area contributed by atoms with E-state index in [-0.39, 0.29) is 4.90 Å². The van der Waals surface area contributed by atoms with Crippen LogP contribution >= 0.6 is 0 Å². The standard InChI is InChI=1S/C23H17N5O3S/c29-32(30,21-8-3-6-17-5-1-2-7-20(17)21)27-18-9-11-19(12-10-18)31-23-15-22(24-16-25-23)28-14-4-13-26-28/h1-16,27H. The lowest BCUT2D eigenvalue weighted by Crippen LogP contribution is -2.13. The van der Waals surface area contributed by atoms with E-state index in [2.05, 4.69) is 19.8 Å². The third-order valence-corrected chi connectivity index (χ3v) is 6.17. The molecule has 0 aliphatic carbocycles. The molecule has 0 bridgehead atoms. The molecule has 5 aromatic rings. The zero-order valence-corrected chi connectivity index (χ0v) is 17.5. The Kier molecular flexibility index (Phi) is 5.00. The first-order valence-corrected chi connectivity index (χ1v) is 11.2. The molecule has 0 saturated carbocycles. The molecule has 0 spiro atoms. The van der Waals surface area contributed by atoms with Crippen LogP contribution in [-0.2, 0) is 10.0 Å². The monoisotopic (exact) mass is 443 g/mol. The van der Waals surface area contributed by atoms with Crippen LogP contribution in [0.4, 0.5) is 5.69 Å². The number of nitrogens with zero attached hydrogens (tertiary/aromatic N) is 4. The zero-order chi connectivity index (χ0) is 22.0. The van der Waals surface area contributed by atoms with Crippen LogP contribution in [0.15, 0.2) is 102 Å². The molecule has 0 amide bonds. The first-order chi connectivity index (χ1) is 15.6. The lowest BCUT2D eigenvalue weighted by atomic mass is 10.1. The van der Waals surface area contributed by atoms with Gasteiger partial charge in [-0.15, -0.1) is 0 Å². The molecule has 8 nitrogen and oxygen atoms in total. The first-order valence-electron chi connectivity index (χ1n) is 9.69. The highest BCUT2D eigenvalue weighted by molar-refractivity contribution is 7.93. The average Bonchev–Trinajstić information content (AvgIpc) is 3.35. The fourth-order valence-electron chi connectivity index (χ4n) is 3.27. The predicted octanol–water partition coefficient (Wildman–Crippen LogP) is 4.41. The second-order valence-electron chi connectivity index (χ2n) is 6.87. The topological polar surface area (TPSA) is 99.0 Å². The van der Waals surface area contributed by atoms with Gasteiger partial charge in [0.25, 0.3) is 10.0 Å². The van der Waals surface area contributed by atoms with E-state index >= 15 is 0 Å². The van der Waals surface area contributed by atoms with Crippen molar-refractivity contribution in [3.63, 3.8) is 0 Å². The number of hydrogen-bond donors (Lipinski definition) is 1. The summed E-state index contributed by atoms with van der Waals surface area (Å²) in [5.41, 5.74) is 0.421. The first kappa shape index (κ1) is 19.7. The Morgan fingerprint density at radius 2 is 1.69 bits per heavy atom. The minimum Gasteiger partial charge on any atom is -0.439 e. The quantitative estimate of drug-likeness (QED) is 0.417. The number of aromatic nitrogens is 4. The van der Waals surface area contributed by atoms with Crippen molar-refractivity contribution >= 4 is 26.5 Å². The second-order valence-corrected chi connectivity index (χ2v) is 8.53. The van der Waals surface area contributed by atoms with E-state index in [9.17, 15) is 8.42 Å². The van der Waals surface area contributed by atoms with Crippen molar-refractivity contribution in [2.24, 2.45) is 0 Å². The number of anilines is 1. The van der Waals surface area contributed by atoms with Crippen LogP contribution in [0.5, 0.6) is 11.6 Å². The van der Waals surface area contributed by atoms with Gasteiger partial charge in [-0.25, -0.2) is 23.1 Å². The van der Waals surface area contributed by atoms with Crippen LogP contribution in [0, 0.1) is 0 Å². The normalized spacial score (nSPS) is 11.4. The summed E-state index contributed by atoms with van der Waals surface area (Å²) in [6, 6.07) is 22.6. The van der Waals surface area contributed by atoms with Gasteiger partial charge in [-0.2, -0.15) is 5.10 Å². The van der Waals surface area contributed by atoms with Crippen LogP contribution in [-0.4, -0.2) is 28.2 Å². The van der Waals surface area contributed by atoms with Crippen LogP contribution in [0.1, 0.15) is 0 Å². The number of rotatable bonds is 6. The predicted molar refractivity (Wildman–Crippen MR) is 120 cm³/mol. The number of ether oxygens (including phenoxy) is 1. The van der Waals surface area contributed by atoms with Gasteiger partial charge >= 0.3 is 0 Å². The molecule has 0 aliphatic heterocycles. The van der Waals surface area contributed by atoms with Crippen LogP contribution in [0.2, 0.25) is 0 Å².